The molecule has 1 aliphatic carbocycles. The molecule has 0 spiro atoms. The lowest BCUT2D eigenvalue weighted by molar-refractivity contribution is -0.142. The van der Waals surface area contributed by atoms with Crippen molar-refractivity contribution in [1.29, 1.82) is 0 Å². The number of carbonyl (C=O) groups excluding carboxylic acids is 1. The zero-order chi connectivity index (χ0) is 12.4. The van der Waals surface area contributed by atoms with Gasteiger partial charge < -0.3 is 10.4 Å². The zero-order valence-corrected chi connectivity index (χ0v) is 9.64. The monoisotopic (exact) mass is 233 g/mol. The van der Waals surface area contributed by atoms with Gasteiger partial charge in [0.25, 0.3) is 0 Å². The fraction of sp³-hybridized carbons (Fsp3) is 0.385. The van der Waals surface area contributed by atoms with Crippen molar-refractivity contribution in [3.63, 3.8) is 0 Å². The van der Waals surface area contributed by atoms with Crippen molar-refractivity contribution >= 4 is 11.9 Å². The lowest BCUT2D eigenvalue weighted by Crippen LogP contribution is -2.35. The standard InChI is InChI=1S/C13H15NO3/c1-8-4-2-3-5-10(8)11(13(16)17)14-12(15)9-6-7-9/h2-5,9,11H,6-7H2,1H3,(H,14,15)(H,16,17). The minimum atomic E-state index is -1.02. The lowest BCUT2D eigenvalue weighted by Gasteiger charge is -2.16. The minimum Gasteiger partial charge on any atom is -0.479 e. The normalized spacial score (nSPS) is 16.3. The van der Waals surface area contributed by atoms with Crippen LogP contribution in [0.5, 0.6) is 0 Å². The number of hydrogen-bond acceptors (Lipinski definition) is 2. The molecule has 1 saturated carbocycles. The molecule has 1 unspecified atom stereocenters. The van der Waals surface area contributed by atoms with Crippen LogP contribution < -0.4 is 5.32 Å². The number of carboxylic acids is 1. The van der Waals surface area contributed by atoms with Crippen LogP contribution >= 0.6 is 0 Å². The fourth-order valence-electron chi connectivity index (χ4n) is 1.79. The van der Waals surface area contributed by atoms with E-state index in [0.717, 1.165) is 18.4 Å². The number of hydrogen-bond donors (Lipinski definition) is 2. The SMILES string of the molecule is Cc1ccccc1C(NC(=O)C1CC1)C(=O)O. The van der Waals surface area contributed by atoms with E-state index in [1.807, 2.05) is 19.1 Å². The van der Waals surface area contributed by atoms with E-state index in [2.05, 4.69) is 5.32 Å². The fourth-order valence-corrected chi connectivity index (χ4v) is 1.79. The molecule has 0 radical (unpaired) electrons. The topological polar surface area (TPSA) is 66.4 Å². The highest BCUT2D eigenvalue weighted by Crippen LogP contribution is 2.30. The van der Waals surface area contributed by atoms with Gasteiger partial charge in [-0.05, 0) is 30.9 Å². The van der Waals surface area contributed by atoms with Crippen molar-refractivity contribution in [3.05, 3.63) is 35.4 Å². The molecule has 0 aromatic heterocycles. The molecule has 0 aliphatic heterocycles. The molecule has 0 heterocycles. The van der Waals surface area contributed by atoms with Gasteiger partial charge in [0.15, 0.2) is 6.04 Å². The number of nitrogens with one attached hydrogen (secondary N) is 1. The third-order valence-electron chi connectivity index (χ3n) is 2.98. The molecule has 0 saturated heterocycles. The van der Waals surface area contributed by atoms with Crippen LogP contribution in [-0.4, -0.2) is 17.0 Å². The van der Waals surface area contributed by atoms with Gasteiger partial charge in [0.1, 0.15) is 0 Å². The molecular formula is C13H15NO3. The number of aliphatic carboxylic acids is 1. The Kier molecular flexibility index (Phi) is 3.13. The average Bonchev–Trinajstić information content (AvgIpc) is 3.10. The Morgan fingerprint density at radius 2 is 2.00 bits per heavy atom. The van der Waals surface area contributed by atoms with E-state index in [1.54, 1.807) is 12.1 Å². The summed E-state index contributed by atoms with van der Waals surface area (Å²) in [6.45, 7) is 1.84. The van der Waals surface area contributed by atoms with E-state index in [4.69, 9.17) is 0 Å². The van der Waals surface area contributed by atoms with Gasteiger partial charge in [0.05, 0.1) is 0 Å². The van der Waals surface area contributed by atoms with Gasteiger partial charge in [-0.15, -0.1) is 0 Å². The van der Waals surface area contributed by atoms with Crippen LogP contribution in [-0.2, 0) is 9.59 Å². The van der Waals surface area contributed by atoms with E-state index < -0.39 is 12.0 Å². The number of carboxylic acid groups (broad SMARTS) is 1. The number of amides is 1. The molecule has 0 bridgehead atoms. The summed E-state index contributed by atoms with van der Waals surface area (Å²) >= 11 is 0. The quantitative estimate of drug-likeness (QED) is 0.831. The van der Waals surface area contributed by atoms with Gasteiger partial charge in [-0.2, -0.15) is 0 Å². The van der Waals surface area contributed by atoms with Gasteiger partial charge in [-0.3, -0.25) is 4.79 Å². The first-order chi connectivity index (χ1) is 8.09. The predicted octanol–water partition coefficient (Wildman–Crippen LogP) is 1.65. The van der Waals surface area contributed by atoms with Crippen LogP contribution in [0.2, 0.25) is 0 Å². The predicted molar refractivity (Wildman–Crippen MR) is 62.4 cm³/mol. The van der Waals surface area contributed by atoms with Crippen molar-refractivity contribution < 1.29 is 14.7 Å². The molecule has 1 fully saturated rings. The Bertz CT molecular complexity index is 452. The molecule has 17 heavy (non-hydrogen) atoms. The maximum absolute atomic E-state index is 11.6. The third kappa shape index (κ3) is 2.64. The van der Waals surface area contributed by atoms with Gasteiger partial charge in [-0.1, -0.05) is 24.3 Å². The maximum atomic E-state index is 11.6. The Hall–Kier alpha value is -1.84. The molecule has 2 rings (SSSR count). The summed E-state index contributed by atoms with van der Waals surface area (Å²) in [5, 5.41) is 11.8. The Morgan fingerprint density at radius 1 is 1.35 bits per heavy atom. The van der Waals surface area contributed by atoms with Gasteiger partial charge in [0, 0.05) is 5.92 Å². The molecule has 1 aliphatic rings. The summed E-state index contributed by atoms with van der Waals surface area (Å²) in [5.41, 5.74) is 1.52. The highest BCUT2D eigenvalue weighted by Gasteiger charge is 2.33. The number of rotatable bonds is 4. The highest BCUT2D eigenvalue weighted by molar-refractivity contribution is 5.87. The first-order valence-corrected chi connectivity index (χ1v) is 5.68. The van der Waals surface area contributed by atoms with Gasteiger partial charge >= 0.3 is 5.97 Å². The molecule has 90 valence electrons. The van der Waals surface area contributed by atoms with Crippen LogP contribution in [0.25, 0.3) is 0 Å². The second kappa shape index (κ2) is 4.57. The Labute approximate surface area is 99.6 Å². The van der Waals surface area contributed by atoms with E-state index in [0.29, 0.717) is 5.56 Å². The number of aryl methyl sites for hydroxylation is 1. The first-order valence-electron chi connectivity index (χ1n) is 5.68. The van der Waals surface area contributed by atoms with Crippen LogP contribution in [0.1, 0.15) is 30.0 Å². The highest BCUT2D eigenvalue weighted by atomic mass is 16.4. The molecule has 4 nitrogen and oxygen atoms in total. The molecule has 1 aromatic carbocycles. The van der Waals surface area contributed by atoms with Crippen LogP contribution in [0.4, 0.5) is 0 Å². The summed E-state index contributed by atoms with van der Waals surface area (Å²) in [5.74, 6) is -1.16. The summed E-state index contributed by atoms with van der Waals surface area (Å²) in [4.78, 5) is 22.8. The summed E-state index contributed by atoms with van der Waals surface area (Å²) < 4.78 is 0. The Morgan fingerprint density at radius 3 is 2.53 bits per heavy atom. The maximum Gasteiger partial charge on any atom is 0.330 e. The van der Waals surface area contributed by atoms with Gasteiger partial charge in [0.2, 0.25) is 5.91 Å². The number of carbonyl (C=O) groups is 2. The summed E-state index contributed by atoms with van der Waals surface area (Å²) in [6.07, 6.45) is 1.73. The van der Waals surface area contributed by atoms with E-state index in [1.165, 1.54) is 0 Å². The third-order valence-corrected chi connectivity index (χ3v) is 2.98. The summed E-state index contributed by atoms with van der Waals surface area (Å²) in [6, 6.07) is 6.27. The van der Waals surface area contributed by atoms with Crippen molar-refractivity contribution in [2.45, 2.75) is 25.8 Å². The van der Waals surface area contributed by atoms with Crippen molar-refractivity contribution in [2.24, 2.45) is 5.92 Å². The average molecular weight is 233 g/mol. The van der Waals surface area contributed by atoms with Crippen molar-refractivity contribution in [1.82, 2.24) is 5.32 Å². The molecular weight excluding hydrogens is 218 g/mol. The van der Waals surface area contributed by atoms with Gasteiger partial charge in [-0.25, -0.2) is 4.79 Å². The molecule has 4 heteroatoms. The molecule has 1 aromatic rings. The molecule has 1 amide bonds. The smallest absolute Gasteiger partial charge is 0.330 e. The summed E-state index contributed by atoms with van der Waals surface area (Å²) in [7, 11) is 0. The lowest BCUT2D eigenvalue weighted by atomic mass is 10.0. The second-order valence-electron chi connectivity index (χ2n) is 4.41. The molecule has 2 N–H and O–H groups in total. The van der Waals surface area contributed by atoms with Crippen LogP contribution in [0, 0.1) is 12.8 Å². The van der Waals surface area contributed by atoms with Crippen molar-refractivity contribution in [3.8, 4) is 0 Å². The Balaban J connectivity index is 2.19. The van der Waals surface area contributed by atoms with E-state index in [-0.39, 0.29) is 11.8 Å². The number of benzene rings is 1. The van der Waals surface area contributed by atoms with E-state index >= 15 is 0 Å². The first kappa shape index (κ1) is 11.6. The van der Waals surface area contributed by atoms with Crippen LogP contribution in [0.15, 0.2) is 24.3 Å². The minimum absolute atomic E-state index is 0.0147. The van der Waals surface area contributed by atoms with Crippen LogP contribution in [0.3, 0.4) is 0 Å². The second-order valence-corrected chi connectivity index (χ2v) is 4.41. The van der Waals surface area contributed by atoms with E-state index in [9.17, 15) is 14.7 Å². The largest absolute Gasteiger partial charge is 0.479 e. The van der Waals surface area contributed by atoms with Crippen molar-refractivity contribution in [2.75, 3.05) is 0 Å². The zero-order valence-electron chi connectivity index (χ0n) is 9.64. The molecule has 1 atom stereocenters.